The molecule has 6 heteroatoms. The van der Waals surface area contributed by atoms with Gasteiger partial charge in [-0.25, -0.2) is 4.98 Å². The van der Waals surface area contributed by atoms with E-state index >= 15 is 0 Å². The fourth-order valence-electron chi connectivity index (χ4n) is 1.95. The minimum absolute atomic E-state index is 0.193. The van der Waals surface area contributed by atoms with Gasteiger partial charge in [0.2, 0.25) is 0 Å². The predicted octanol–water partition coefficient (Wildman–Crippen LogP) is 4.38. The van der Waals surface area contributed by atoms with Crippen LogP contribution in [0, 0.1) is 0 Å². The summed E-state index contributed by atoms with van der Waals surface area (Å²) >= 11 is 5.76. The zero-order chi connectivity index (χ0) is 13.5. The Balaban J connectivity index is 2.67. The zero-order valence-electron chi connectivity index (χ0n) is 9.92. The predicted molar refractivity (Wildman–Crippen MR) is 64.9 cm³/mol. The van der Waals surface area contributed by atoms with E-state index in [2.05, 4.69) is 4.98 Å². The summed E-state index contributed by atoms with van der Waals surface area (Å²) in [5, 5.41) is 0.914. The largest absolute Gasteiger partial charge is 0.408 e. The van der Waals surface area contributed by atoms with E-state index < -0.39 is 12.2 Å². The lowest BCUT2D eigenvalue weighted by Crippen LogP contribution is -2.23. The number of hydrogen-bond acceptors (Lipinski definition) is 1. The summed E-state index contributed by atoms with van der Waals surface area (Å²) < 4.78 is 39.6. The quantitative estimate of drug-likeness (QED) is 0.745. The van der Waals surface area contributed by atoms with Gasteiger partial charge in [-0.05, 0) is 25.0 Å². The average molecular weight is 277 g/mol. The Hall–Kier alpha value is -1.23. The number of halogens is 4. The van der Waals surface area contributed by atoms with Crippen molar-refractivity contribution in [3.8, 4) is 0 Å². The zero-order valence-corrected chi connectivity index (χ0v) is 10.7. The highest BCUT2D eigenvalue weighted by Crippen LogP contribution is 2.34. The maximum absolute atomic E-state index is 12.8. The number of nitrogens with zero attached hydrogens (tertiary/aromatic N) is 2. The normalized spacial score (nSPS) is 14.1. The van der Waals surface area contributed by atoms with Crippen LogP contribution in [0.2, 0.25) is 5.15 Å². The van der Waals surface area contributed by atoms with Crippen LogP contribution in [0.15, 0.2) is 18.5 Å². The Morgan fingerprint density at radius 3 is 2.67 bits per heavy atom. The Bertz CT molecular complexity index is 574. The molecule has 0 aliphatic rings. The van der Waals surface area contributed by atoms with Crippen molar-refractivity contribution in [2.75, 3.05) is 0 Å². The lowest BCUT2D eigenvalue weighted by Gasteiger charge is -2.18. The first-order valence-electron chi connectivity index (χ1n) is 5.56. The standard InChI is InChI=1S/C12H12ClF3N2/c1-3-8-6-18(7(2)12(14,15)16)10-4-11(13)17-5-9(8)10/h4-7H,3H2,1-2H3. The molecule has 0 aromatic carbocycles. The Morgan fingerprint density at radius 2 is 2.11 bits per heavy atom. The minimum Gasteiger partial charge on any atom is -0.335 e. The number of fused-ring (bicyclic) bond motifs is 1. The molecule has 0 fully saturated rings. The number of aromatic nitrogens is 2. The molecule has 0 aliphatic heterocycles. The molecule has 0 amide bonds. The van der Waals surface area contributed by atoms with Crippen LogP contribution in [0.3, 0.4) is 0 Å². The molecule has 1 unspecified atom stereocenters. The average Bonchev–Trinajstić information content (AvgIpc) is 2.64. The van der Waals surface area contributed by atoms with Gasteiger partial charge in [0.05, 0.1) is 5.52 Å². The number of aryl methyl sites for hydroxylation is 1. The number of rotatable bonds is 2. The van der Waals surface area contributed by atoms with Crippen molar-refractivity contribution < 1.29 is 13.2 Å². The summed E-state index contributed by atoms with van der Waals surface area (Å²) in [4.78, 5) is 3.92. The second kappa shape index (κ2) is 4.46. The summed E-state index contributed by atoms with van der Waals surface area (Å²) in [6.45, 7) is 3.03. The monoisotopic (exact) mass is 276 g/mol. The van der Waals surface area contributed by atoms with E-state index in [-0.39, 0.29) is 5.15 Å². The maximum Gasteiger partial charge on any atom is 0.408 e. The molecular weight excluding hydrogens is 265 g/mol. The van der Waals surface area contributed by atoms with Gasteiger partial charge in [-0.2, -0.15) is 13.2 Å². The fraction of sp³-hybridized carbons (Fsp3) is 0.417. The third-order valence-corrected chi connectivity index (χ3v) is 3.25. The maximum atomic E-state index is 12.8. The highest BCUT2D eigenvalue weighted by Gasteiger charge is 2.38. The van der Waals surface area contributed by atoms with Gasteiger partial charge < -0.3 is 4.57 Å². The van der Waals surface area contributed by atoms with Gasteiger partial charge in [-0.3, -0.25) is 0 Å². The molecule has 2 nitrogen and oxygen atoms in total. The van der Waals surface area contributed by atoms with E-state index in [1.807, 2.05) is 6.92 Å². The van der Waals surface area contributed by atoms with Crippen molar-refractivity contribution in [2.24, 2.45) is 0 Å². The second-order valence-electron chi connectivity index (χ2n) is 4.16. The summed E-state index contributed by atoms with van der Waals surface area (Å²) in [7, 11) is 0. The minimum atomic E-state index is -4.29. The highest BCUT2D eigenvalue weighted by atomic mass is 35.5. The molecule has 0 bridgehead atoms. The van der Waals surface area contributed by atoms with Crippen LogP contribution in [0.5, 0.6) is 0 Å². The van der Waals surface area contributed by atoms with Gasteiger partial charge in [-0.15, -0.1) is 0 Å². The highest BCUT2D eigenvalue weighted by molar-refractivity contribution is 6.30. The first-order valence-corrected chi connectivity index (χ1v) is 5.94. The lowest BCUT2D eigenvalue weighted by atomic mass is 10.2. The van der Waals surface area contributed by atoms with Crippen molar-refractivity contribution in [3.05, 3.63) is 29.2 Å². The molecule has 18 heavy (non-hydrogen) atoms. The van der Waals surface area contributed by atoms with Crippen LogP contribution in [0.4, 0.5) is 13.2 Å². The van der Waals surface area contributed by atoms with E-state index in [1.54, 1.807) is 0 Å². The first kappa shape index (κ1) is 13.2. The SMILES string of the molecule is CCc1cn(C(C)C(F)(F)F)c2cc(Cl)ncc12. The molecule has 2 rings (SSSR count). The molecular formula is C12H12ClF3N2. The molecule has 0 radical (unpaired) electrons. The summed E-state index contributed by atoms with van der Waals surface area (Å²) in [5.74, 6) is 0. The van der Waals surface area contributed by atoms with Crippen molar-refractivity contribution in [3.63, 3.8) is 0 Å². The molecule has 0 saturated heterocycles. The fourth-order valence-corrected chi connectivity index (χ4v) is 2.10. The van der Waals surface area contributed by atoms with Gasteiger partial charge >= 0.3 is 6.18 Å². The molecule has 2 aromatic heterocycles. The molecule has 2 heterocycles. The van der Waals surface area contributed by atoms with Gasteiger partial charge in [-0.1, -0.05) is 18.5 Å². The number of alkyl halides is 3. The van der Waals surface area contributed by atoms with Crippen molar-refractivity contribution in [2.45, 2.75) is 32.5 Å². The van der Waals surface area contributed by atoms with Gasteiger partial charge in [0.25, 0.3) is 0 Å². The molecule has 0 N–H and O–H groups in total. The van der Waals surface area contributed by atoms with Crippen LogP contribution in [-0.4, -0.2) is 15.7 Å². The Labute approximate surface area is 107 Å². The number of pyridine rings is 1. The first-order chi connectivity index (χ1) is 8.34. The molecule has 0 aliphatic carbocycles. The second-order valence-corrected chi connectivity index (χ2v) is 4.54. The van der Waals surface area contributed by atoms with Gasteiger partial charge in [0.15, 0.2) is 0 Å². The van der Waals surface area contributed by atoms with E-state index in [9.17, 15) is 13.2 Å². The summed E-state index contributed by atoms with van der Waals surface area (Å²) in [5.41, 5.74) is 1.31. The molecule has 98 valence electrons. The topological polar surface area (TPSA) is 17.8 Å². The van der Waals surface area contributed by atoms with E-state index in [4.69, 9.17) is 11.6 Å². The smallest absolute Gasteiger partial charge is 0.335 e. The van der Waals surface area contributed by atoms with Crippen LogP contribution in [-0.2, 0) is 6.42 Å². The van der Waals surface area contributed by atoms with Gasteiger partial charge in [0.1, 0.15) is 11.2 Å². The molecule has 0 saturated carbocycles. The number of hydrogen-bond donors (Lipinski definition) is 0. The molecule has 0 spiro atoms. The molecule has 2 aromatic rings. The third-order valence-electron chi connectivity index (χ3n) is 3.04. The Morgan fingerprint density at radius 1 is 1.44 bits per heavy atom. The van der Waals surface area contributed by atoms with Crippen molar-refractivity contribution in [1.29, 1.82) is 0 Å². The Kier molecular flexibility index (Phi) is 3.27. The van der Waals surface area contributed by atoms with Crippen LogP contribution in [0.1, 0.15) is 25.5 Å². The lowest BCUT2D eigenvalue weighted by molar-refractivity contribution is -0.162. The summed E-state index contributed by atoms with van der Waals surface area (Å²) in [6.07, 6.45) is -0.582. The van der Waals surface area contributed by atoms with Crippen molar-refractivity contribution >= 4 is 22.5 Å². The van der Waals surface area contributed by atoms with Crippen LogP contribution >= 0.6 is 11.6 Å². The van der Waals surface area contributed by atoms with Gasteiger partial charge in [0, 0.05) is 17.8 Å². The van der Waals surface area contributed by atoms with Crippen LogP contribution in [0.25, 0.3) is 10.9 Å². The van der Waals surface area contributed by atoms with Crippen LogP contribution < -0.4 is 0 Å². The van der Waals surface area contributed by atoms with E-state index in [1.165, 1.54) is 23.0 Å². The van der Waals surface area contributed by atoms with E-state index in [0.29, 0.717) is 11.9 Å². The van der Waals surface area contributed by atoms with Crippen molar-refractivity contribution in [1.82, 2.24) is 9.55 Å². The summed E-state index contributed by atoms with van der Waals surface area (Å²) in [6, 6.07) is -0.114. The van der Waals surface area contributed by atoms with E-state index in [0.717, 1.165) is 17.9 Å². The third kappa shape index (κ3) is 2.19. The molecule has 1 atom stereocenters.